The maximum Gasteiger partial charge on any atom is 0.241 e. The molecule has 0 saturated carbocycles. The summed E-state index contributed by atoms with van der Waals surface area (Å²) in [6, 6.07) is 4.58. The van der Waals surface area contributed by atoms with Crippen molar-refractivity contribution in [2.75, 3.05) is 18.1 Å². The van der Waals surface area contributed by atoms with Gasteiger partial charge in [0.1, 0.15) is 0 Å². The molecule has 5 nitrogen and oxygen atoms in total. The highest BCUT2D eigenvalue weighted by atomic mass is 32.2. The van der Waals surface area contributed by atoms with Crippen LogP contribution in [0.2, 0.25) is 0 Å². The number of carbonyl (C=O) groups excluding carboxylic acids is 1. The molecule has 1 amide bonds. The van der Waals surface area contributed by atoms with E-state index >= 15 is 0 Å². The van der Waals surface area contributed by atoms with Gasteiger partial charge >= 0.3 is 0 Å². The fourth-order valence-corrected chi connectivity index (χ4v) is 2.74. The summed E-state index contributed by atoms with van der Waals surface area (Å²) in [6.07, 6.45) is 2.96. The number of nitrogens with one attached hydrogen (secondary N) is 2. The number of benzene rings is 1. The van der Waals surface area contributed by atoms with Crippen LogP contribution in [0.15, 0.2) is 23.1 Å². The third-order valence-electron chi connectivity index (χ3n) is 3.27. The van der Waals surface area contributed by atoms with E-state index in [2.05, 4.69) is 10.6 Å². The van der Waals surface area contributed by atoms with Gasteiger partial charge in [0, 0.05) is 11.9 Å². The number of hydrogen-bond donors (Lipinski definition) is 2. The number of hydrogen-bond acceptors (Lipinski definition) is 4. The van der Waals surface area contributed by atoms with Gasteiger partial charge in [-0.25, -0.2) is 8.42 Å². The van der Waals surface area contributed by atoms with E-state index in [-0.39, 0.29) is 16.8 Å². The van der Waals surface area contributed by atoms with Crippen LogP contribution >= 0.6 is 0 Å². The lowest BCUT2D eigenvalue weighted by atomic mass is 10.1. The Kier molecular flexibility index (Phi) is 3.91. The van der Waals surface area contributed by atoms with Crippen molar-refractivity contribution < 1.29 is 13.2 Å². The summed E-state index contributed by atoms with van der Waals surface area (Å²) >= 11 is 0. The molecule has 1 atom stereocenters. The second kappa shape index (κ2) is 5.30. The summed E-state index contributed by atoms with van der Waals surface area (Å²) in [4.78, 5) is 12.2. The van der Waals surface area contributed by atoms with Crippen molar-refractivity contribution in [1.82, 2.24) is 5.32 Å². The molecular weight excluding hydrogens is 264 g/mol. The molecule has 1 aromatic carbocycles. The van der Waals surface area contributed by atoms with Crippen molar-refractivity contribution in [1.29, 1.82) is 0 Å². The van der Waals surface area contributed by atoms with Gasteiger partial charge in [0.2, 0.25) is 5.91 Å². The lowest BCUT2D eigenvalue weighted by Crippen LogP contribution is -2.35. The molecule has 1 saturated heterocycles. The molecule has 0 radical (unpaired) electrons. The average molecular weight is 282 g/mol. The lowest BCUT2D eigenvalue weighted by molar-refractivity contribution is -0.117. The fourth-order valence-electron chi connectivity index (χ4n) is 2.09. The molecule has 1 fully saturated rings. The molecule has 1 aliphatic heterocycles. The highest BCUT2D eigenvalue weighted by Crippen LogP contribution is 2.21. The molecule has 1 heterocycles. The maximum absolute atomic E-state index is 12.0. The van der Waals surface area contributed by atoms with E-state index in [9.17, 15) is 13.2 Å². The van der Waals surface area contributed by atoms with Gasteiger partial charge in [-0.1, -0.05) is 6.07 Å². The SMILES string of the molecule is Cc1ccc(S(C)(=O)=O)cc1NC(=O)[C@H]1CCCN1. The first-order valence-corrected chi connectivity index (χ1v) is 8.12. The summed E-state index contributed by atoms with van der Waals surface area (Å²) in [6.45, 7) is 2.68. The predicted octanol–water partition coefficient (Wildman–Crippen LogP) is 1.09. The summed E-state index contributed by atoms with van der Waals surface area (Å²) in [5.74, 6) is -0.105. The van der Waals surface area contributed by atoms with Crippen LogP contribution in [-0.4, -0.2) is 33.2 Å². The quantitative estimate of drug-likeness (QED) is 0.870. The van der Waals surface area contributed by atoms with Gasteiger partial charge in [0.15, 0.2) is 9.84 Å². The number of sulfone groups is 1. The van der Waals surface area contributed by atoms with Gasteiger partial charge in [0.05, 0.1) is 10.9 Å². The van der Waals surface area contributed by atoms with Crippen LogP contribution in [0, 0.1) is 6.92 Å². The van der Waals surface area contributed by atoms with Crippen LogP contribution in [0.1, 0.15) is 18.4 Å². The smallest absolute Gasteiger partial charge is 0.241 e. The summed E-state index contributed by atoms with van der Waals surface area (Å²) in [7, 11) is -3.26. The van der Waals surface area contributed by atoms with Gasteiger partial charge in [-0.2, -0.15) is 0 Å². The van der Waals surface area contributed by atoms with E-state index in [1.165, 1.54) is 6.07 Å². The monoisotopic (exact) mass is 282 g/mol. The molecule has 0 aliphatic carbocycles. The molecule has 1 aromatic rings. The van der Waals surface area contributed by atoms with Crippen molar-refractivity contribution in [3.05, 3.63) is 23.8 Å². The Morgan fingerprint density at radius 1 is 1.42 bits per heavy atom. The van der Waals surface area contributed by atoms with Crippen molar-refractivity contribution in [3.8, 4) is 0 Å². The number of rotatable bonds is 3. The standard InChI is InChI=1S/C13H18N2O3S/c1-9-5-6-10(19(2,17)18)8-12(9)15-13(16)11-4-3-7-14-11/h5-6,8,11,14H,3-4,7H2,1-2H3,(H,15,16)/t11-/m1/s1. The molecule has 1 aliphatic rings. The molecule has 0 aromatic heterocycles. The zero-order chi connectivity index (χ0) is 14.0. The first-order chi connectivity index (χ1) is 8.88. The number of amides is 1. The molecule has 6 heteroatoms. The van der Waals surface area contributed by atoms with Gasteiger partial charge < -0.3 is 10.6 Å². The van der Waals surface area contributed by atoms with Crippen LogP contribution in [0.25, 0.3) is 0 Å². The Labute approximate surface area is 113 Å². The maximum atomic E-state index is 12.0. The number of anilines is 1. The Hall–Kier alpha value is -1.40. The Morgan fingerprint density at radius 3 is 2.74 bits per heavy atom. The van der Waals surface area contributed by atoms with Gasteiger partial charge in [-0.3, -0.25) is 4.79 Å². The van der Waals surface area contributed by atoms with Gasteiger partial charge in [-0.15, -0.1) is 0 Å². The second-order valence-electron chi connectivity index (χ2n) is 4.89. The van der Waals surface area contributed by atoms with E-state index in [1.54, 1.807) is 12.1 Å². The second-order valence-corrected chi connectivity index (χ2v) is 6.90. The number of carbonyl (C=O) groups is 1. The summed E-state index contributed by atoms with van der Waals surface area (Å²) in [5, 5.41) is 5.91. The molecule has 2 rings (SSSR count). The lowest BCUT2D eigenvalue weighted by Gasteiger charge is -2.13. The van der Waals surface area contributed by atoms with E-state index < -0.39 is 9.84 Å². The van der Waals surface area contributed by atoms with Gasteiger partial charge in [0.25, 0.3) is 0 Å². The van der Waals surface area contributed by atoms with Crippen LogP contribution in [-0.2, 0) is 14.6 Å². The van der Waals surface area contributed by atoms with E-state index in [4.69, 9.17) is 0 Å². The zero-order valence-corrected chi connectivity index (χ0v) is 11.9. The largest absolute Gasteiger partial charge is 0.324 e. The van der Waals surface area contributed by atoms with Gasteiger partial charge in [-0.05, 0) is 44.0 Å². The van der Waals surface area contributed by atoms with E-state index in [0.717, 1.165) is 31.2 Å². The first-order valence-electron chi connectivity index (χ1n) is 6.23. The molecule has 0 unspecified atom stereocenters. The molecule has 2 N–H and O–H groups in total. The minimum absolute atomic E-state index is 0.105. The van der Waals surface area contributed by atoms with Crippen LogP contribution < -0.4 is 10.6 Å². The highest BCUT2D eigenvalue weighted by Gasteiger charge is 2.22. The van der Waals surface area contributed by atoms with Crippen molar-refractivity contribution in [2.45, 2.75) is 30.7 Å². The van der Waals surface area contributed by atoms with Crippen LogP contribution in [0.4, 0.5) is 5.69 Å². The van der Waals surface area contributed by atoms with Crippen LogP contribution in [0.3, 0.4) is 0 Å². The van der Waals surface area contributed by atoms with Crippen LogP contribution in [0.5, 0.6) is 0 Å². The highest BCUT2D eigenvalue weighted by molar-refractivity contribution is 7.90. The van der Waals surface area contributed by atoms with E-state index in [1.807, 2.05) is 6.92 Å². The van der Waals surface area contributed by atoms with Crippen molar-refractivity contribution in [2.24, 2.45) is 0 Å². The topological polar surface area (TPSA) is 75.3 Å². The Morgan fingerprint density at radius 2 is 2.16 bits per heavy atom. The predicted molar refractivity (Wildman–Crippen MR) is 73.9 cm³/mol. The number of aryl methyl sites for hydroxylation is 1. The third-order valence-corrected chi connectivity index (χ3v) is 4.38. The minimum Gasteiger partial charge on any atom is -0.324 e. The summed E-state index contributed by atoms with van der Waals surface area (Å²) < 4.78 is 23.0. The molecule has 0 spiro atoms. The Bertz CT molecular complexity index is 590. The first kappa shape index (κ1) is 14.0. The molecular formula is C13H18N2O3S. The normalized spacial score (nSPS) is 19.4. The molecule has 0 bridgehead atoms. The zero-order valence-electron chi connectivity index (χ0n) is 11.1. The minimum atomic E-state index is -3.26. The average Bonchev–Trinajstić information content (AvgIpc) is 2.84. The summed E-state index contributed by atoms with van der Waals surface area (Å²) in [5.41, 5.74) is 1.40. The third kappa shape index (κ3) is 3.33. The van der Waals surface area contributed by atoms with Crippen molar-refractivity contribution in [3.63, 3.8) is 0 Å². The fraction of sp³-hybridized carbons (Fsp3) is 0.462. The molecule has 104 valence electrons. The van der Waals surface area contributed by atoms with Crippen molar-refractivity contribution >= 4 is 21.4 Å². The van der Waals surface area contributed by atoms with E-state index in [0.29, 0.717) is 5.69 Å². The Balaban J connectivity index is 2.22. The molecule has 19 heavy (non-hydrogen) atoms.